The van der Waals surface area contributed by atoms with Gasteiger partial charge in [0.25, 0.3) is 0 Å². The summed E-state index contributed by atoms with van der Waals surface area (Å²) in [4.78, 5) is 15.0. The van der Waals surface area contributed by atoms with Crippen LogP contribution < -0.4 is 0 Å². The normalized spacial score (nSPS) is 20.9. The number of aliphatic hydroxyl groups is 1. The number of benzene rings is 1. The molecule has 1 fully saturated rings. The highest BCUT2D eigenvalue weighted by Gasteiger charge is 2.36. The van der Waals surface area contributed by atoms with E-state index in [1.807, 2.05) is 17.5 Å². The molecule has 1 aliphatic heterocycles. The lowest BCUT2D eigenvalue weighted by molar-refractivity contribution is -0.132. The highest BCUT2D eigenvalue weighted by molar-refractivity contribution is 7.09. The summed E-state index contributed by atoms with van der Waals surface area (Å²) in [5.74, 6) is -1.25. The molecule has 1 aromatic carbocycles. The van der Waals surface area contributed by atoms with E-state index in [0.29, 0.717) is 12.8 Å². The van der Waals surface area contributed by atoms with Crippen LogP contribution in [0.5, 0.6) is 0 Å². The van der Waals surface area contributed by atoms with Gasteiger partial charge in [-0.1, -0.05) is 6.07 Å². The van der Waals surface area contributed by atoms with Gasteiger partial charge in [-0.3, -0.25) is 4.79 Å². The third-order valence-corrected chi connectivity index (χ3v) is 5.02. The minimum absolute atomic E-state index is 0.131. The Morgan fingerprint density at radius 2 is 2.17 bits per heavy atom. The number of nitrogens with zero attached hydrogens (tertiary/aromatic N) is 1. The second-order valence-corrected chi connectivity index (χ2v) is 6.73. The number of carbonyl (C=O) groups excluding carboxylic acids is 1. The number of likely N-dealkylation sites (tertiary alicyclic amines) is 1. The number of aryl methyl sites for hydroxylation is 1. The van der Waals surface area contributed by atoms with Crippen molar-refractivity contribution in [1.29, 1.82) is 0 Å². The first-order chi connectivity index (χ1) is 11.0. The van der Waals surface area contributed by atoms with Crippen molar-refractivity contribution in [2.75, 3.05) is 6.54 Å². The van der Waals surface area contributed by atoms with Gasteiger partial charge >= 0.3 is 0 Å². The van der Waals surface area contributed by atoms with E-state index >= 15 is 0 Å². The molecule has 6 heteroatoms. The first-order valence-corrected chi connectivity index (χ1v) is 8.37. The lowest BCUT2D eigenvalue weighted by Crippen LogP contribution is -2.32. The van der Waals surface area contributed by atoms with Crippen LogP contribution in [-0.4, -0.2) is 28.6 Å². The maximum atomic E-state index is 14.0. The zero-order valence-corrected chi connectivity index (χ0v) is 13.2. The molecule has 23 heavy (non-hydrogen) atoms. The number of rotatable bonds is 4. The Hall–Kier alpha value is -1.79. The number of hydrogen-bond donors (Lipinski definition) is 1. The Morgan fingerprint density at radius 1 is 1.35 bits per heavy atom. The molecule has 3 rings (SSSR count). The van der Waals surface area contributed by atoms with Gasteiger partial charge in [-0.15, -0.1) is 11.3 Å². The van der Waals surface area contributed by atoms with E-state index in [9.17, 15) is 18.7 Å². The molecule has 0 aliphatic carbocycles. The molecule has 3 nitrogen and oxygen atoms in total. The third kappa shape index (κ3) is 3.59. The molecule has 1 N–H and O–H groups in total. The molecule has 2 atom stereocenters. The molecule has 0 spiro atoms. The second-order valence-electron chi connectivity index (χ2n) is 5.70. The Balaban J connectivity index is 1.76. The van der Waals surface area contributed by atoms with Crippen LogP contribution in [0.2, 0.25) is 0 Å². The molecule has 1 saturated heterocycles. The van der Waals surface area contributed by atoms with Crippen molar-refractivity contribution in [3.8, 4) is 0 Å². The highest BCUT2D eigenvalue weighted by Crippen LogP contribution is 2.34. The summed E-state index contributed by atoms with van der Waals surface area (Å²) >= 11 is 1.58. The van der Waals surface area contributed by atoms with Crippen molar-refractivity contribution in [1.82, 2.24) is 4.90 Å². The fourth-order valence-electron chi connectivity index (χ4n) is 2.98. The number of thiophene rings is 1. The van der Waals surface area contributed by atoms with E-state index in [1.54, 1.807) is 11.3 Å². The standard InChI is InChI=1S/C17H17F2NO2S/c18-11-3-5-15(19)14(8-11)16-9-12(21)10-20(16)17(22)6-4-13-2-1-7-23-13/h1-3,5,7-8,12,16,21H,4,6,9-10H2. The summed E-state index contributed by atoms with van der Waals surface area (Å²) < 4.78 is 27.4. The van der Waals surface area contributed by atoms with Crippen LogP contribution in [-0.2, 0) is 11.2 Å². The molecule has 0 saturated carbocycles. The van der Waals surface area contributed by atoms with Gasteiger partial charge in [0.1, 0.15) is 11.6 Å². The molecule has 1 amide bonds. The number of carbonyl (C=O) groups is 1. The van der Waals surface area contributed by atoms with Crippen molar-refractivity contribution >= 4 is 17.2 Å². The molecule has 122 valence electrons. The van der Waals surface area contributed by atoms with Crippen LogP contribution in [0.4, 0.5) is 8.78 Å². The van der Waals surface area contributed by atoms with Crippen LogP contribution in [0.15, 0.2) is 35.7 Å². The first kappa shape index (κ1) is 16.1. The van der Waals surface area contributed by atoms with Crippen molar-refractivity contribution in [3.05, 3.63) is 57.8 Å². The van der Waals surface area contributed by atoms with E-state index in [2.05, 4.69) is 0 Å². The molecule has 1 aliphatic rings. The van der Waals surface area contributed by atoms with Crippen LogP contribution in [0, 0.1) is 11.6 Å². The summed E-state index contributed by atoms with van der Waals surface area (Å²) in [6, 6.07) is 6.49. The summed E-state index contributed by atoms with van der Waals surface area (Å²) in [5, 5.41) is 11.8. The minimum Gasteiger partial charge on any atom is -0.391 e. The summed E-state index contributed by atoms with van der Waals surface area (Å²) in [6.07, 6.45) is 0.418. The number of β-amino-alcohol motifs (C(OH)–C–C–N with tert-alkyl or cyclic N) is 1. The molecular weight excluding hydrogens is 320 g/mol. The SMILES string of the molecule is O=C(CCc1cccs1)N1CC(O)CC1c1cc(F)ccc1F. The third-order valence-electron chi connectivity index (χ3n) is 4.08. The Labute approximate surface area is 137 Å². The largest absolute Gasteiger partial charge is 0.391 e. The smallest absolute Gasteiger partial charge is 0.223 e. The van der Waals surface area contributed by atoms with Gasteiger partial charge < -0.3 is 10.0 Å². The van der Waals surface area contributed by atoms with E-state index in [4.69, 9.17) is 0 Å². The van der Waals surface area contributed by atoms with E-state index in [0.717, 1.165) is 23.1 Å². The van der Waals surface area contributed by atoms with Crippen LogP contribution in [0.1, 0.15) is 29.3 Å². The molecule has 0 radical (unpaired) electrons. The van der Waals surface area contributed by atoms with Crippen LogP contribution >= 0.6 is 11.3 Å². The van der Waals surface area contributed by atoms with E-state index in [-0.39, 0.29) is 24.4 Å². The predicted molar refractivity (Wildman–Crippen MR) is 84.1 cm³/mol. The van der Waals surface area contributed by atoms with Gasteiger partial charge in [0.2, 0.25) is 5.91 Å². The average molecular weight is 337 g/mol. The number of aliphatic hydroxyl groups excluding tert-OH is 1. The monoisotopic (exact) mass is 337 g/mol. The van der Waals surface area contributed by atoms with Gasteiger partial charge in [-0.05, 0) is 42.5 Å². The van der Waals surface area contributed by atoms with Crippen molar-refractivity contribution in [2.24, 2.45) is 0 Å². The summed E-state index contributed by atoms with van der Waals surface area (Å²) in [5.41, 5.74) is 0.131. The quantitative estimate of drug-likeness (QED) is 0.930. The number of amides is 1. The Bertz CT molecular complexity index is 690. The lowest BCUT2D eigenvalue weighted by Gasteiger charge is -2.25. The van der Waals surface area contributed by atoms with Gasteiger partial charge in [0, 0.05) is 23.4 Å². The molecule has 2 aromatic rings. The molecular formula is C17H17F2NO2S. The zero-order chi connectivity index (χ0) is 16.4. The summed E-state index contributed by atoms with van der Waals surface area (Å²) in [6.45, 7) is 0.157. The predicted octanol–water partition coefficient (Wildman–Crippen LogP) is 3.29. The fourth-order valence-corrected chi connectivity index (χ4v) is 3.69. The highest BCUT2D eigenvalue weighted by atomic mass is 32.1. The molecule has 2 unspecified atom stereocenters. The van der Waals surface area contributed by atoms with Gasteiger partial charge in [0.15, 0.2) is 0 Å². The van der Waals surface area contributed by atoms with Gasteiger partial charge in [-0.25, -0.2) is 8.78 Å². The summed E-state index contributed by atoms with van der Waals surface area (Å²) in [7, 11) is 0. The topological polar surface area (TPSA) is 40.5 Å². The van der Waals surface area contributed by atoms with Crippen molar-refractivity contribution in [3.63, 3.8) is 0 Å². The maximum Gasteiger partial charge on any atom is 0.223 e. The second kappa shape index (κ2) is 6.76. The average Bonchev–Trinajstić information content (AvgIpc) is 3.16. The molecule has 0 bridgehead atoms. The number of hydrogen-bond acceptors (Lipinski definition) is 3. The lowest BCUT2D eigenvalue weighted by atomic mass is 10.0. The van der Waals surface area contributed by atoms with E-state index in [1.165, 1.54) is 4.90 Å². The van der Waals surface area contributed by atoms with Crippen LogP contribution in [0.3, 0.4) is 0 Å². The van der Waals surface area contributed by atoms with Crippen molar-refractivity contribution in [2.45, 2.75) is 31.4 Å². The molecule has 1 aromatic heterocycles. The number of halogens is 2. The van der Waals surface area contributed by atoms with Crippen LogP contribution in [0.25, 0.3) is 0 Å². The molecule has 2 heterocycles. The van der Waals surface area contributed by atoms with E-state index < -0.39 is 23.8 Å². The fraction of sp³-hybridized carbons (Fsp3) is 0.353. The van der Waals surface area contributed by atoms with Crippen molar-refractivity contribution < 1.29 is 18.7 Å². The minimum atomic E-state index is -0.714. The Kier molecular flexibility index (Phi) is 4.73. The first-order valence-electron chi connectivity index (χ1n) is 7.49. The van der Waals surface area contributed by atoms with Gasteiger partial charge in [0.05, 0.1) is 12.1 Å². The zero-order valence-electron chi connectivity index (χ0n) is 12.4. The Morgan fingerprint density at radius 3 is 2.91 bits per heavy atom. The maximum absolute atomic E-state index is 14.0. The van der Waals surface area contributed by atoms with Gasteiger partial charge in [-0.2, -0.15) is 0 Å².